The molecule has 1 atom stereocenters. The van der Waals surface area contributed by atoms with Crippen LogP contribution < -0.4 is 5.32 Å². The second kappa shape index (κ2) is 7.20. The standard InChI is InChI=1S/C18H24N2/c1-4-12-19-18(16-11-7-6-9-14(16)3)17-15(5-2)10-8-13-20-17/h6-11,13,18-19H,4-5,12H2,1-3H3. The van der Waals surface area contributed by atoms with E-state index >= 15 is 0 Å². The topological polar surface area (TPSA) is 24.9 Å². The molecular formula is C18H24N2. The third-order valence-electron chi connectivity index (χ3n) is 3.68. The number of hydrogen-bond donors (Lipinski definition) is 1. The van der Waals surface area contributed by atoms with Crippen LogP contribution in [0.15, 0.2) is 42.6 Å². The van der Waals surface area contributed by atoms with E-state index in [4.69, 9.17) is 0 Å². The highest BCUT2D eigenvalue weighted by molar-refractivity contribution is 5.37. The van der Waals surface area contributed by atoms with Crippen molar-refractivity contribution in [1.29, 1.82) is 0 Å². The molecule has 2 heteroatoms. The van der Waals surface area contributed by atoms with Crippen LogP contribution in [0.2, 0.25) is 0 Å². The van der Waals surface area contributed by atoms with E-state index in [9.17, 15) is 0 Å². The third-order valence-corrected chi connectivity index (χ3v) is 3.68. The van der Waals surface area contributed by atoms with E-state index in [0.717, 1.165) is 25.1 Å². The molecule has 0 aliphatic carbocycles. The van der Waals surface area contributed by atoms with Gasteiger partial charge in [-0.1, -0.05) is 44.2 Å². The second-order valence-electron chi connectivity index (χ2n) is 5.15. The molecule has 0 saturated heterocycles. The predicted molar refractivity (Wildman–Crippen MR) is 84.9 cm³/mol. The van der Waals surface area contributed by atoms with Crippen LogP contribution in [-0.4, -0.2) is 11.5 Å². The summed E-state index contributed by atoms with van der Waals surface area (Å²) in [6, 6.07) is 13.0. The fourth-order valence-corrected chi connectivity index (χ4v) is 2.56. The van der Waals surface area contributed by atoms with Gasteiger partial charge >= 0.3 is 0 Å². The van der Waals surface area contributed by atoms with E-state index in [1.165, 1.54) is 16.7 Å². The zero-order valence-corrected chi connectivity index (χ0v) is 12.7. The smallest absolute Gasteiger partial charge is 0.0756 e. The summed E-state index contributed by atoms with van der Waals surface area (Å²) in [7, 11) is 0. The van der Waals surface area contributed by atoms with Gasteiger partial charge in [-0.2, -0.15) is 0 Å². The molecule has 0 aliphatic rings. The molecule has 2 rings (SSSR count). The molecule has 0 radical (unpaired) electrons. The van der Waals surface area contributed by atoms with Gasteiger partial charge < -0.3 is 5.32 Å². The van der Waals surface area contributed by atoms with Crippen LogP contribution in [0.3, 0.4) is 0 Å². The molecule has 1 unspecified atom stereocenters. The Balaban J connectivity index is 2.44. The number of nitrogens with one attached hydrogen (secondary N) is 1. The fourth-order valence-electron chi connectivity index (χ4n) is 2.56. The van der Waals surface area contributed by atoms with Crippen LogP contribution >= 0.6 is 0 Å². The minimum atomic E-state index is 0.187. The predicted octanol–water partition coefficient (Wildman–Crippen LogP) is 4.04. The Morgan fingerprint density at radius 2 is 1.90 bits per heavy atom. The largest absolute Gasteiger partial charge is 0.305 e. The first kappa shape index (κ1) is 14.7. The van der Waals surface area contributed by atoms with E-state index in [1.54, 1.807) is 0 Å². The van der Waals surface area contributed by atoms with Gasteiger partial charge in [-0.15, -0.1) is 0 Å². The van der Waals surface area contributed by atoms with E-state index in [-0.39, 0.29) is 6.04 Å². The van der Waals surface area contributed by atoms with E-state index in [2.05, 4.69) is 61.4 Å². The summed E-state index contributed by atoms with van der Waals surface area (Å²) in [5.41, 5.74) is 5.13. The van der Waals surface area contributed by atoms with Crippen LogP contribution in [-0.2, 0) is 6.42 Å². The Hall–Kier alpha value is -1.67. The zero-order valence-electron chi connectivity index (χ0n) is 12.7. The maximum Gasteiger partial charge on any atom is 0.0756 e. The van der Waals surface area contributed by atoms with Crippen LogP contribution in [0.1, 0.15) is 48.7 Å². The van der Waals surface area contributed by atoms with Crippen molar-refractivity contribution in [2.75, 3.05) is 6.54 Å². The molecule has 1 heterocycles. The Kier molecular flexibility index (Phi) is 5.31. The molecule has 0 bridgehead atoms. The van der Waals surface area contributed by atoms with Crippen molar-refractivity contribution >= 4 is 0 Å². The summed E-state index contributed by atoms with van der Waals surface area (Å²) in [5, 5.41) is 3.66. The second-order valence-corrected chi connectivity index (χ2v) is 5.15. The van der Waals surface area contributed by atoms with Crippen LogP contribution in [0, 0.1) is 6.92 Å². The minimum absolute atomic E-state index is 0.187. The van der Waals surface area contributed by atoms with Crippen molar-refractivity contribution in [3.05, 3.63) is 65.0 Å². The van der Waals surface area contributed by atoms with Crippen LogP contribution in [0.4, 0.5) is 0 Å². The summed E-state index contributed by atoms with van der Waals surface area (Å²) in [6.45, 7) is 7.56. The molecule has 0 saturated carbocycles. The maximum absolute atomic E-state index is 4.66. The van der Waals surface area contributed by atoms with Gasteiger partial charge in [-0.05, 0) is 49.1 Å². The fraction of sp³-hybridized carbons (Fsp3) is 0.389. The molecule has 0 aliphatic heterocycles. The van der Waals surface area contributed by atoms with E-state index < -0.39 is 0 Å². The van der Waals surface area contributed by atoms with Gasteiger partial charge in [0.25, 0.3) is 0 Å². The summed E-state index contributed by atoms with van der Waals surface area (Å²) in [5.74, 6) is 0. The number of rotatable bonds is 6. The van der Waals surface area contributed by atoms with Crippen molar-refractivity contribution in [3.63, 3.8) is 0 Å². The Labute approximate surface area is 122 Å². The summed E-state index contributed by atoms with van der Waals surface area (Å²) in [6.07, 6.45) is 4.03. The first-order valence-electron chi connectivity index (χ1n) is 7.50. The molecule has 1 N–H and O–H groups in total. The maximum atomic E-state index is 4.66. The highest BCUT2D eigenvalue weighted by Crippen LogP contribution is 2.26. The van der Waals surface area contributed by atoms with Gasteiger partial charge in [-0.25, -0.2) is 0 Å². The Morgan fingerprint density at radius 3 is 2.60 bits per heavy atom. The lowest BCUT2D eigenvalue weighted by atomic mass is 9.95. The van der Waals surface area contributed by atoms with Crippen LogP contribution in [0.25, 0.3) is 0 Å². The lowest BCUT2D eigenvalue weighted by Gasteiger charge is -2.22. The molecule has 0 amide bonds. The SMILES string of the molecule is CCCNC(c1ccccc1C)c1ncccc1CC. The Bertz CT molecular complexity index is 549. The third kappa shape index (κ3) is 3.26. The van der Waals surface area contributed by atoms with E-state index in [0.29, 0.717) is 0 Å². The van der Waals surface area contributed by atoms with Gasteiger partial charge in [0.1, 0.15) is 0 Å². The lowest BCUT2D eigenvalue weighted by molar-refractivity contribution is 0.579. The Morgan fingerprint density at radius 1 is 1.10 bits per heavy atom. The quantitative estimate of drug-likeness (QED) is 0.855. The number of hydrogen-bond acceptors (Lipinski definition) is 2. The highest BCUT2D eigenvalue weighted by Gasteiger charge is 2.18. The number of aryl methyl sites for hydroxylation is 2. The van der Waals surface area contributed by atoms with Gasteiger partial charge in [0.15, 0.2) is 0 Å². The molecule has 2 nitrogen and oxygen atoms in total. The van der Waals surface area contributed by atoms with Crippen molar-refractivity contribution in [2.45, 2.75) is 39.7 Å². The number of aromatic nitrogens is 1. The monoisotopic (exact) mass is 268 g/mol. The lowest BCUT2D eigenvalue weighted by Crippen LogP contribution is -2.25. The van der Waals surface area contributed by atoms with Gasteiger partial charge in [0, 0.05) is 6.20 Å². The van der Waals surface area contributed by atoms with Crippen LogP contribution in [0.5, 0.6) is 0 Å². The number of benzene rings is 1. The molecule has 0 fully saturated rings. The summed E-state index contributed by atoms with van der Waals surface area (Å²) < 4.78 is 0. The average molecular weight is 268 g/mol. The summed E-state index contributed by atoms with van der Waals surface area (Å²) >= 11 is 0. The normalized spacial score (nSPS) is 12.3. The van der Waals surface area contributed by atoms with Crippen molar-refractivity contribution in [1.82, 2.24) is 10.3 Å². The number of pyridine rings is 1. The molecule has 106 valence electrons. The van der Waals surface area contributed by atoms with Crippen molar-refractivity contribution < 1.29 is 0 Å². The van der Waals surface area contributed by atoms with E-state index in [1.807, 2.05) is 12.3 Å². The summed E-state index contributed by atoms with van der Waals surface area (Å²) in [4.78, 5) is 4.66. The highest BCUT2D eigenvalue weighted by atomic mass is 14.9. The molecule has 1 aromatic carbocycles. The van der Waals surface area contributed by atoms with Gasteiger partial charge in [0.2, 0.25) is 0 Å². The molecule has 0 spiro atoms. The zero-order chi connectivity index (χ0) is 14.4. The molecule has 20 heavy (non-hydrogen) atoms. The van der Waals surface area contributed by atoms with Gasteiger partial charge in [-0.3, -0.25) is 4.98 Å². The minimum Gasteiger partial charge on any atom is -0.305 e. The van der Waals surface area contributed by atoms with Crippen molar-refractivity contribution in [2.24, 2.45) is 0 Å². The average Bonchev–Trinajstić information content (AvgIpc) is 2.49. The number of nitrogens with zero attached hydrogens (tertiary/aromatic N) is 1. The molecule has 1 aromatic heterocycles. The first-order chi connectivity index (χ1) is 9.77. The molecule has 2 aromatic rings. The van der Waals surface area contributed by atoms with Gasteiger partial charge in [0.05, 0.1) is 11.7 Å². The first-order valence-corrected chi connectivity index (χ1v) is 7.50. The van der Waals surface area contributed by atoms with Crippen molar-refractivity contribution in [3.8, 4) is 0 Å². The molecular weight excluding hydrogens is 244 g/mol.